The first-order valence-electron chi connectivity index (χ1n) is 14.1. The third-order valence-corrected chi connectivity index (χ3v) is 18.0. The van der Waals surface area contributed by atoms with Crippen LogP contribution < -0.4 is 10.5 Å². The molecule has 220 valence electrons. The summed E-state index contributed by atoms with van der Waals surface area (Å²) in [6.07, 6.45) is 1.83. The van der Waals surface area contributed by atoms with E-state index in [2.05, 4.69) is 77.7 Å². The Morgan fingerprint density at radius 2 is 1.60 bits per heavy atom. The number of hydrogen-bond acceptors (Lipinski definition) is 8. The summed E-state index contributed by atoms with van der Waals surface area (Å²) in [5.74, 6) is 0.954. The molecule has 3 atom stereocenters. The van der Waals surface area contributed by atoms with Crippen LogP contribution in [0.15, 0.2) is 30.6 Å². The molecule has 1 saturated heterocycles. The van der Waals surface area contributed by atoms with Crippen molar-refractivity contribution >= 4 is 33.7 Å². The molecule has 3 heterocycles. The molecule has 2 aromatic heterocycles. The average Bonchev–Trinajstić information content (AvgIpc) is 3.44. The molecule has 1 fully saturated rings. The number of ether oxygens (including phenoxy) is 2. The minimum absolute atomic E-state index is 0.0760. The first-order chi connectivity index (χ1) is 18.4. The van der Waals surface area contributed by atoms with Crippen molar-refractivity contribution in [2.45, 2.75) is 103 Å². The summed E-state index contributed by atoms with van der Waals surface area (Å²) < 4.78 is 27.6. The minimum Gasteiger partial charge on any atom is -0.497 e. The largest absolute Gasteiger partial charge is 0.497 e. The SMILES string of the molecule is COc1ccc(-c2nc(N)nc3c2ncn3C2CC(O[Si](C)(C)C(C)(C)C)C(CO[Si](C)(C)C(C)(C)C)O2)cc1. The fourth-order valence-corrected chi connectivity index (χ4v) is 6.67. The standard InChI is InChI=1S/C29H47N5O4Si2/c1-28(2,3)39(8,9)36-17-22-21(38-40(10,11)29(4,5)6)16-23(37-22)34-18-31-25-24(32-27(30)33-26(25)34)19-12-14-20(35-7)15-13-19/h12-15,18,21-23H,16-17H2,1-11H3,(H2,30,32,33). The summed E-state index contributed by atoms with van der Waals surface area (Å²) in [5.41, 5.74) is 9.08. The number of methoxy groups -OCH3 is 1. The maximum absolute atomic E-state index is 6.95. The van der Waals surface area contributed by atoms with Crippen LogP contribution in [-0.2, 0) is 13.6 Å². The smallest absolute Gasteiger partial charge is 0.222 e. The van der Waals surface area contributed by atoms with E-state index in [9.17, 15) is 0 Å². The van der Waals surface area contributed by atoms with Gasteiger partial charge in [0.2, 0.25) is 5.95 Å². The molecule has 11 heteroatoms. The Kier molecular flexibility index (Phi) is 8.29. The number of fused-ring (bicyclic) bond motifs is 1. The van der Waals surface area contributed by atoms with Crippen molar-refractivity contribution in [3.05, 3.63) is 30.6 Å². The summed E-state index contributed by atoms with van der Waals surface area (Å²) in [6.45, 7) is 23.1. The maximum Gasteiger partial charge on any atom is 0.222 e. The van der Waals surface area contributed by atoms with Gasteiger partial charge in [-0.15, -0.1) is 0 Å². The van der Waals surface area contributed by atoms with E-state index >= 15 is 0 Å². The van der Waals surface area contributed by atoms with Crippen LogP contribution in [0.4, 0.5) is 5.95 Å². The number of nitrogens with two attached hydrogens (primary N) is 1. The van der Waals surface area contributed by atoms with E-state index in [0.717, 1.165) is 11.3 Å². The van der Waals surface area contributed by atoms with Crippen molar-refractivity contribution < 1.29 is 18.3 Å². The zero-order valence-corrected chi connectivity index (χ0v) is 28.0. The Balaban J connectivity index is 1.67. The van der Waals surface area contributed by atoms with Crippen molar-refractivity contribution in [2.24, 2.45) is 0 Å². The quantitative estimate of drug-likeness (QED) is 0.288. The Morgan fingerprint density at radius 3 is 2.17 bits per heavy atom. The fraction of sp³-hybridized carbons (Fsp3) is 0.621. The lowest BCUT2D eigenvalue weighted by Crippen LogP contribution is -2.48. The third-order valence-electron chi connectivity index (χ3n) is 8.96. The van der Waals surface area contributed by atoms with E-state index in [1.807, 2.05) is 28.8 Å². The summed E-state index contributed by atoms with van der Waals surface area (Å²) in [5, 5.41) is 0.181. The molecule has 0 saturated carbocycles. The lowest BCUT2D eigenvalue weighted by Gasteiger charge is -2.40. The highest BCUT2D eigenvalue weighted by Crippen LogP contribution is 2.43. The van der Waals surface area contributed by atoms with Crippen LogP contribution in [0.2, 0.25) is 36.3 Å². The third kappa shape index (κ3) is 6.13. The molecule has 0 radical (unpaired) electrons. The molecule has 3 aromatic rings. The van der Waals surface area contributed by atoms with Crippen molar-refractivity contribution in [2.75, 3.05) is 19.5 Å². The summed E-state index contributed by atoms with van der Waals surface area (Å²) in [6, 6.07) is 7.68. The molecule has 1 aliphatic heterocycles. The molecular weight excluding hydrogens is 539 g/mol. The zero-order chi connectivity index (χ0) is 29.7. The summed E-state index contributed by atoms with van der Waals surface area (Å²) in [4.78, 5) is 13.8. The van der Waals surface area contributed by atoms with E-state index in [4.69, 9.17) is 29.0 Å². The van der Waals surface area contributed by atoms with Gasteiger partial charge in [0.25, 0.3) is 0 Å². The van der Waals surface area contributed by atoms with Gasteiger partial charge in [0, 0.05) is 12.0 Å². The Hall–Kier alpha value is -2.32. The summed E-state index contributed by atoms with van der Waals surface area (Å²) in [7, 11) is -2.40. The van der Waals surface area contributed by atoms with E-state index < -0.39 is 16.6 Å². The van der Waals surface area contributed by atoms with Gasteiger partial charge in [-0.05, 0) is 60.5 Å². The van der Waals surface area contributed by atoms with Crippen LogP contribution in [0.5, 0.6) is 5.75 Å². The second kappa shape index (κ2) is 10.8. The highest BCUT2D eigenvalue weighted by atomic mass is 28.4. The average molecular weight is 586 g/mol. The van der Waals surface area contributed by atoms with Crippen molar-refractivity contribution in [1.82, 2.24) is 19.5 Å². The number of benzene rings is 1. The van der Waals surface area contributed by atoms with Gasteiger partial charge in [-0.25, -0.2) is 9.97 Å². The molecule has 0 spiro atoms. The predicted octanol–water partition coefficient (Wildman–Crippen LogP) is 6.78. The molecule has 9 nitrogen and oxygen atoms in total. The van der Waals surface area contributed by atoms with Crippen molar-refractivity contribution in [3.63, 3.8) is 0 Å². The summed E-state index contributed by atoms with van der Waals surface area (Å²) >= 11 is 0. The number of anilines is 1. The van der Waals surface area contributed by atoms with Crippen LogP contribution in [0.1, 0.15) is 54.2 Å². The monoisotopic (exact) mass is 585 g/mol. The number of imidazole rings is 1. The van der Waals surface area contributed by atoms with Gasteiger partial charge in [0.1, 0.15) is 29.3 Å². The number of hydrogen-bond donors (Lipinski definition) is 1. The molecule has 1 aliphatic rings. The number of nitrogens with zero attached hydrogens (tertiary/aromatic N) is 4. The van der Waals surface area contributed by atoms with Crippen LogP contribution in [-0.4, -0.2) is 62.1 Å². The highest BCUT2D eigenvalue weighted by Gasteiger charge is 2.47. The second-order valence-electron chi connectivity index (χ2n) is 13.8. The van der Waals surface area contributed by atoms with Crippen molar-refractivity contribution in [1.29, 1.82) is 0 Å². The Morgan fingerprint density at radius 1 is 0.975 bits per heavy atom. The molecule has 0 aliphatic carbocycles. The Labute approximate surface area is 241 Å². The van der Waals surface area contributed by atoms with Crippen molar-refractivity contribution in [3.8, 4) is 17.0 Å². The molecule has 3 unspecified atom stereocenters. The number of aromatic nitrogens is 4. The van der Waals surface area contributed by atoms with E-state index in [0.29, 0.717) is 29.9 Å². The van der Waals surface area contributed by atoms with Gasteiger partial charge in [0.15, 0.2) is 22.3 Å². The van der Waals surface area contributed by atoms with E-state index in [1.165, 1.54) is 0 Å². The predicted molar refractivity (Wildman–Crippen MR) is 165 cm³/mol. The van der Waals surface area contributed by atoms with Gasteiger partial charge in [-0.1, -0.05) is 41.5 Å². The van der Waals surface area contributed by atoms with Crippen LogP contribution in [0, 0.1) is 0 Å². The fourth-order valence-electron chi connectivity index (χ4n) is 4.30. The maximum atomic E-state index is 6.95. The first-order valence-corrected chi connectivity index (χ1v) is 19.9. The van der Waals surface area contributed by atoms with E-state index in [1.54, 1.807) is 13.4 Å². The number of rotatable bonds is 8. The van der Waals surface area contributed by atoms with Gasteiger partial charge in [-0.3, -0.25) is 4.57 Å². The lowest BCUT2D eigenvalue weighted by atomic mass is 10.1. The zero-order valence-electron chi connectivity index (χ0n) is 26.0. The molecular formula is C29H47N5O4Si2. The normalized spacial score (nSPS) is 20.8. The van der Waals surface area contributed by atoms with Crippen LogP contribution in [0.25, 0.3) is 22.4 Å². The van der Waals surface area contributed by atoms with Gasteiger partial charge < -0.3 is 24.1 Å². The Bertz CT molecular complexity index is 1330. The van der Waals surface area contributed by atoms with Gasteiger partial charge in [0.05, 0.1) is 26.1 Å². The molecule has 2 N–H and O–H groups in total. The second-order valence-corrected chi connectivity index (χ2v) is 23.4. The molecule has 1 aromatic carbocycles. The molecule has 4 rings (SSSR count). The molecule has 0 bridgehead atoms. The molecule has 0 amide bonds. The minimum atomic E-state index is -2.07. The van der Waals surface area contributed by atoms with Crippen LogP contribution >= 0.6 is 0 Å². The van der Waals surface area contributed by atoms with Crippen LogP contribution in [0.3, 0.4) is 0 Å². The topological polar surface area (TPSA) is 107 Å². The number of nitrogen functional groups attached to an aromatic ring is 1. The van der Waals surface area contributed by atoms with E-state index in [-0.39, 0.29) is 34.5 Å². The first kappa shape index (κ1) is 30.6. The van der Waals surface area contributed by atoms with Gasteiger partial charge in [-0.2, -0.15) is 4.98 Å². The lowest BCUT2D eigenvalue weighted by molar-refractivity contribution is -0.0383. The molecule has 40 heavy (non-hydrogen) atoms. The van der Waals surface area contributed by atoms with Gasteiger partial charge >= 0.3 is 0 Å². The highest BCUT2D eigenvalue weighted by molar-refractivity contribution is 6.74.